The van der Waals surface area contributed by atoms with Gasteiger partial charge in [0.25, 0.3) is 0 Å². The van der Waals surface area contributed by atoms with Crippen molar-refractivity contribution in [1.29, 1.82) is 0 Å². The third-order valence-corrected chi connectivity index (χ3v) is 5.82. The van der Waals surface area contributed by atoms with Crippen LogP contribution in [0.25, 0.3) is 0 Å². The Kier molecular flexibility index (Phi) is 3.49. The van der Waals surface area contributed by atoms with Gasteiger partial charge in [-0.2, -0.15) is 0 Å². The van der Waals surface area contributed by atoms with Crippen LogP contribution in [0.4, 0.5) is 4.79 Å². The molecule has 2 N–H and O–H groups in total. The average molecular weight is 251 g/mol. The van der Waals surface area contributed by atoms with Crippen molar-refractivity contribution in [3.05, 3.63) is 0 Å². The summed E-state index contributed by atoms with van der Waals surface area (Å²) in [6, 6.07) is 0. The highest BCUT2D eigenvalue weighted by Gasteiger charge is 2.51. The number of ether oxygens (including phenoxy) is 1. The first-order valence-corrected chi connectivity index (χ1v) is 7.69. The molecular formula is C15H25NO2. The van der Waals surface area contributed by atoms with E-state index in [2.05, 4.69) is 0 Å². The quantitative estimate of drug-likeness (QED) is 0.818. The van der Waals surface area contributed by atoms with E-state index in [1.54, 1.807) is 0 Å². The van der Waals surface area contributed by atoms with Gasteiger partial charge in [-0.05, 0) is 55.3 Å². The molecule has 4 atom stereocenters. The lowest BCUT2D eigenvalue weighted by molar-refractivity contribution is 0.0931. The van der Waals surface area contributed by atoms with E-state index in [1.165, 1.54) is 51.4 Å². The number of carbonyl (C=O) groups is 1. The van der Waals surface area contributed by atoms with Crippen LogP contribution in [-0.4, -0.2) is 12.7 Å². The van der Waals surface area contributed by atoms with Gasteiger partial charge in [-0.1, -0.05) is 25.7 Å². The molecule has 102 valence electrons. The number of carbonyl (C=O) groups excluding carboxylic acids is 1. The molecule has 0 aromatic carbocycles. The number of primary amides is 1. The lowest BCUT2D eigenvalue weighted by Crippen LogP contribution is -2.28. The average Bonchev–Trinajstić information content (AvgIpc) is 2.71. The van der Waals surface area contributed by atoms with E-state index in [1.807, 2.05) is 0 Å². The zero-order valence-corrected chi connectivity index (χ0v) is 11.1. The minimum atomic E-state index is -0.596. The predicted molar refractivity (Wildman–Crippen MR) is 69.9 cm³/mol. The maximum Gasteiger partial charge on any atom is 0.404 e. The number of fused-ring (bicyclic) bond motifs is 3. The first-order chi connectivity index (χ1) is 8.77. The van der Waals surface area contributed by atoms with Gasteiger partial charge < -0.3 is 10.5 Å². The summed E-state index contributed by atoms with van der Waals surface area (Å²) in [4.78, 5) is 10.9. The van der Waals surface area contributed by atoms with Crippen molar-refractivity contribution in [1.82, 2.24) is 0 Å². The van der Waals surface area contributed by atoms with E-state index in [0.29, 0.717) is 12.5 Å². The molecule has 18 heavy (non-hydrogen) atoms. The van der Waals surface area contributed by atoms with Crippen LogP contribution in [0.1, 0.15) is 51.4 Å². The minimum Gasteiger partial charge on any atom is -0.449 e. The van der Waals surface area contributed by atoms with Crippen LogP contribution >= 0.6 is 0 Å². The van der Waals surface area contributed by atoms with Gasteiger partial charge >= 0.3 is 6.09 Å². The van der Waals surface area contributed by atoms with Crippen molar-refractivity contribution in [2.45, 2.75) is 51.4 Å². The summed E-state index contributed by atoms with van der Waals surface area (Å²) in [5.74, 6) is 4.07. The summed E-state index contributed by atoms with van der Waals surface area (Å²) in [5.41, 5.74) is 5.15. The fraction of sp³-hybridized carbons (Fsp3) is 0.933. The summed E-state index contributed by atoms with van der Waals surface area (Å²) in [6.07, 6.45) is 10.5. The highest BCUT2D eigenvalue weighted by molar-refractivity contribution is 5.64. The Bertz CT molecular complexity index is 296. The van der Waals surface area contributed by atoms with Crippen molar-refractivity contribution < 1.29 is 9.53 Å². The molecule has 0 radical (unpaired) electrons. The molecule has 4 unspecified atom stereocenters. The van der Waals surface area contributed by atoms with Crippen LogP contribution in [-0.2, 0) is 4.74 Å². The SMILES string of the molecule is NC(=O)OCC1C2CCCCC2C2CCCCC21. The minimum absolute atomic E-state index is 0.581. The molecule has 0 bridgehead atoms. The summed E-state index contributed by atoms with van der Waals surface area (Å²) < 4.78 is 5.16. The molecule has 3 fully saturated rings. The Balaban J connectivity index is 1.74. The number of hydrogen-bond donors (Lipinski definition) is 1. The zero-order chi connectivity index (χ0) is 12.5. The lowest BCUT2D eigenvalue weighted by Gasteiger charge is -2.32. The second kappa shape index (κ2) is 5.10. The third kappa shape index (κ3) is 2.12. The van der Waals surface area contributed by atoms with E-state index < -0.39 is 6.09 Å². The van der Waals surface area contributed by atoms with Crippen molar-refractivity contribution in [2.24, 2.45) is 35.3 Å². The van der Waals surface area contributed by atoms with Crippen molar-refractivity contribution in [3.8, 4) is 0 Å². The molecule has 3 rings (SSSR count). The lowest BCUT2D eigenvalue weighted by atomic mass is 9.73. The van der Waals surface area contributed by atoms with Gasteiger partial charge in [-0.15, -0.1) is 0 Å². The fourth-order valence-electron chi connectivity index (χ4n) is 5.25. The highest BCUT2D eigenvalue weighted by Crippen LogP contribution is 2.57. The van der Waals surface area contributed by atoms with Crippen LogP contribution in [0.2, 0.25) is 0 Å². The molecule has 0 spiro atoms. The van der Waals surface area contributed by atoms with E-state index in [4.69, 9.17) is 10.5 Å². The molecule has 3 nitrogen and oxygen atoms in total. The Morgan fingerprint density at radius 2 is 1.33 bits per heavy atom. The van der Waals surface area contributed by atoms with Gasteiger partial charge in [0.05, 0.1) is 6.61 Å². The fourth-order valence-corrected chi connectivity index (χ4v) is 5.25. The summed E-state index contributed by atoms with van der Waals surface area (Å²) in [7, 11) is 0. The molecular weight excluding hydrogens is 226 g/mol. The molecule has 0 aliphatic heterocycles. The second-order valence-electron chi connectivity index (χ2n) is 6.52. The second-order valence-corrected chi connectivity index (χ2v) is 6.52. The van der Waals surface area contributed by atoms with E-state index in [9.17, 15) is 4.79 Å². The van der Waals surface area contributed by atoms with E-state index in [-0.39, 0.29) is 0 Å². The first kappa shape index (κ1) is 12.3. The maximum absolute atomic E-state index is 10.9. The monoisotopic (exact) mass is 251 g/mol. The van der Waals surface area contributed by atoms with Gasteiger partial charge in [-0.3, -0.25) is 0 Å². The Labute approximate surface area is 109 Å². The summed E-state index contributed by atoms with van der Waals surface area (Å²) in [5, 5.41) is 0. The van der Waals surface area contributed by atoms with Crippen molar-refractivity contribution >= 4 is 6.09 Å². The normalized spacial score (nSPS) is 43.0. The van der Waals surface area contributed by atoms with Crippen molar-refractivity contribution in [2.75, 3.05) is 6.61 Å². The molecule has 3 aliphatic carbocycles. The molecule has 0 aromatic rings. The number of nitrogens with two attached hydrogens (primary N) is 1. The molecule has 3 heteroatoms. The molecule has 1 amide bonds. The van der Waals surface area contributed by atoms with E-state index in [0.717, 1.165) is 23.7 Å². The van der Waals surface area contributed by atoms with Gasteiger partial charge in [-0.25, -0.2) is 4.79 Å². The third-order valence-electron chi connectivity index (χ3n) is 5.82. The number of rotatable bonds is 2. The van der Waals surface area contributed by atoms with Crippen molar-refractivity contribution in [3.63, 3.8) is 0 Å². The standard InChI is InChI=1S/C15H25NO2/c16-15(17)18-9-14-12-7-3-1-5-10(12)11-6-2-4-8-13(11)14/h10-14H,1-9H2,(H2,16,17). The Morgan fingerprint density at radius 1 is 0.889 bits per heavy atom. The van der Waals surface area contributed by atoms with Crippen LogP contribution in [0.3, 0.4) is 0 Å². The van der Waals surface area contributed by atoms with Crippen LogP contribution in [0.15, 0.2) is 0 Å². The maximum atomic E-state index is 10.9. The Morgan fingerprint density at radius 3 is 1.78 bits per heavy atom. The smallest absolute Gasteiger partial charge is 0.404 e. The van der Waals surface area contributed by atoms with Gasteiger partial charge in [0, 0.05) is 0 Å². The predicted octanol–water partition coefficient (Wildman–Crippen LogP) is 3.32. The van der Waals surface area contributed by atoms with Gasteiger partial charge in [0.15, 0.2) is 0 Å². The molecule has 0 aromatic heterocycles. The molecule has 0 saturated heterocycles. The van der Waals surface area contributed by atoms with E-state index >= 15 is 0 Å². The summed E-state index contributed by atoms with van der Waals surface area (Å²) in [6.45, 7) is 0.581. The Hall–Kier alpha value is -0.730. The van der Waals surface area contributed by atoms with Crippen LogP contribution < -0.4 is 5.73 Å². The van der Waals surface area contributed by atoms with Gasteiger partial charge in [0.1, 0.15) is 0 Å². The van der Waals surface area contributed by atoms with Crippen LogP contribution in [0.5, 0.6) is 0 Å². The molecule has 3 saturated carbocycles. The number of hydrogen-bond acceptors (Lipinski definition) is 2. The topological polar surface area (TPSA) is 52.3 Å². The van der Waals surface area contributed by atoms with Gasteiger partial charge in [0.2, 0.25) is 0 Å². The van der Waals surface area contributed by atoms with Crippen LogP contribution in [0, 0.1) is 29.6 Å². The number of amides is 1. The molecule has 0 heterocycles. The summed E-state index contributed by atoms with van der Waals surface area (Å²) >= 11 is 0. The highest BCUT2D eigenvalue weighted by atomic mass is 16.5. The first-order valence-electron chi connectivity index (χ1n) is 7.69. The zero-order valence-electron chi connectivity index (χ0n) is 11.1. The largest absolute Gasteiger partial charge is 0.449 e. The molecule has 3 aliphatic rings.